The van der Waals surface area contributed by atoms with Gasteiger partial charge in [0.2, 0.25) is 10.0 Å². The molecule has 3 rings (SSSR count). The van der Waals surface area contributed by atoms with Crippen LogP contribution in [0, 0.1) is 21.7 Å². The van der Waals surface area contributed by atoms with Crippen LogP contribution in [0.15, 0.2) is 47.4 Å². The van der Waals surface area contributed by atoms with Crippen LogP contribution in [0.25, 0.3) is 0 Å². The summed E-state index contributed by atoms with van der Waals surface area (Å²) in [6.45, 7) is 1.79. The van der Waals surface area contributed by atoms with Crippen molar-refractivity contribution in [2.75, 3.05) is 26.2 Å². The van der Waals surface area contributed by atoms with Gasteiger partial charge in [0, 0.05) is 17.7 Å². The zero-order valence-electron chi connectivity index (χ0n) is 14.3. The van der Waals surface area contributed by atoms with Crippen LogP contribution in [0.2, 0.25) is 0 Å². The molecular formula is C17H18F2N3O4S+. The SMILES string of the molecule is O=[N+]([O-])c1ccc(C[NH+]2CCN(S(=O)(=O)c3c(F)cccc3F)CC2)cc1. The molecule has 2 aromatic carbocycles. The molecule has 0 radical (unpaired) electrons. The Morgan fingerprint density at radius 2 is 1.59 bits per heavy atom. The lowest BCUT2D eigenvalue weighted by Gasteiger charge is -2.31. The number of nitro groups is 1. The second-order valence-electron chi connectivity index (χ2n) is 6.31. The fourth-order valence-corrected chi connectivity index (χ4v) is 4.65. The number of hydrogen-bond acceptors (Lipinski definition) is 4. The molecule has 27 heavy (non-hydrogen) atoms. The maximum Gasteiger partial charge on any atom is 0.269 e. The number of nitrogens with zero attached hydrogens (tertiary/aromatic N) is 2. The van der Waals surface area contributed by atoms with E-state index in [9.17, 15) is 27.3 Å². The number of halogens is 2. The van der Waals surface area contributed by atoms with Gasteiger partial charge in [0.05, 0.1) is 31.1 Å². The summed E-state index contributed by atoms with van der Waals surface area (Å²) in [6.07, 6.45) is 0. The Hall–Kier alpha value is -2.43. The average Bonchev–Trinajstić information content (AvgIpc) is 2.62. The smallest absolute Gasteiger partial charge is 0.269 e. The predicted octanol–water partition coefficient (Wildman–Crippen LogP) is 0.962. The van der Waals surface area contributed by atoms with Crippen LogP contribution in [-0.4, -0.2) is 43.8 Å². The maximum atomic E-state index is 13.9. The van der Waals surface area contributed by atoms with Gasteiger partial charge in [0.1, 0.15) is 18.2 Å². The first kappa shape index (κ1) is 19.3. The fourth-order valence-electron chi connectivity index (χ4n) is 3.10. The molecule has 2 aromatic rings. The Kier molecular flexibility index (Phi) is 5.49. The second-order valence-corrected chi connectivity index (χ2v) is 8.18. The molecule has 0 spiro atoms. The summed E-state index contributed by atoms with van der Waals surface area (Å²) in [6, 6.07) is 9.16. The molecule has 1 aliphatic heterocycles. The number of nitro benzene ring substituents is 1. The average molecular weight is 398 g/mol. The minimum Gasteiger partial charge on any atom is -0.329 e. The van der Waals surface area contributed by atoms with E-state index >= 15 is 0 Å². The molecule has 1 fully saturated rings. The Morgan fingerprint density at radius 3 is 2.11 bits per heavy atom. The molecule has 1 aliphatic rings. The van der Waals surface area contributed by atoms with Crippen LogP contribution in [0.1, 0.15) is 5.56 Å². The van der Waals surface area contributed by atoms with Gasteiger partial charge >= 0.3 is 0 Å². The lowest BCUT2D eigenvalue weighted by atomic mass is 10.2. The number of piperazine rings is 1. The van der Waals surface area contributed by atoms with E-state index in [0.717, 1.165) is 33.0 Å². The third-order valence-electron chi connectivity index (χ3n) is 4.55. The van der Waals surface area contributed by atoms with Crippen molar-refractivity contribution < 1.29 is 27.0 Å². The highest BCUT2D eigenvalue weighted by Crippen LogP contribution is 2.22. The molecule has 1 N–H and O–H groups in total. The van der Waals surface area contributed by atoms with Crippen molar-refractivity contribution in [1.29, 1.82) is 0 Å². The minimum atomic E-state index is -4.24. The van der Waals surface area contributed by atoms with Crippen molar-refractivity contribution in [1.82, 2.24) is 4.31 Å². The number of quaternary nitrogens is 1. The highest BCUT2D eigenvalue weighted by molar-refractivity contribution is 7.89. The molecule has 144 valence electrons. The molecule has 1 saturated heterocycles. The van der Waals surface area contributed by atoms with E-state index in [2.05, 4.69) is 0 Å². The largest absolute Gasteiger partial charge is 0.329 e. The van der Waals surface area contributed by atoms with Crippen LogP contribution in [0.4, 0.5) is 14.5 Å². The summed E-state index contributed by atoms with van der Waals surface area (Å²) in [5.74, 6) is -2.20. The van der Waals surface area contributed by atoms with Crippen molar-refractivity contribution in [3.63, 3.8) is 0 Å². The molecule has 0 aliphatic carbocycles. The quantitative estimate of drug-likeness (QED) is 0.601. The highest BCUT2D eigenvalue weighted by atomic mass is 32.2. The summed E-state index contributed by atoms with van der Waals surface area (Å²) in [7, 11) is -4.24. The van der Waals surface area contributed by atoms with Crippen molar-refractivity contribution in [3.8, 4) is 0 Å². The van der Waals surface area contributed by atoms with Crippen LogP contribution < -0.4 is 4.90 Å². The number of non-ortho nitro benzene ring substituents is 1. The molecule has 10 heteroatoms. The molecule has 0 atom stereocenters. The predicted molar refractivity (Wildman–Crippen MR) is 92.6 cm³/mol. The van der Waals surface area contributed by atoms with Crippen molar-refractivity contribution in [3.05, 3.63) is 69.8 Å². The maximum absolute atomic E-state index is 13.9. The van der Waals surface area contributed by atoms with Gasteiger partial charge in [0.15, 0.2) is 4.90 Å². The lowest BCUT2D eigenvalue weighted by Crippen LogP contribution is -3.13. The highest BCUT2D eigenvalue weighted by Gasteiger charge is 2.34. The Balaban J connectivity index is 1.65. The van der Waals surface area contributed by atoms with Crippen molar-refractivity contribution in [2.45, 2.75) is 11.4 Å². The Bertz CT molecular complexity index is 923. The minimum absolute atomic E-state index is 0.0107. The zero-order valence-corrected chi connectivity index (χ0v) is 15.1. The molecule has 0 saturated carbocycles. The van der Waals surface area contributed by atoms with Gasteiger partial charge in [-0.3, -0.25) is 10.1 Å². The second kappa shape index (κ2) is 7.67. The van der Waals surface area contributed by atoms with E-state index in [1.165, 1.54) is 12.1 Å². The first-order valence-electron chi connectivity index (χ1n) is 8.30. The van der Waals surface area contributed by atoms with E-state index in [-0.39, 0.29) is 18.8 Å². The van der Waals surface area contributed by atoms with Gasteiger partial charge < -0.3 is 4.90 Å². The van der Waals surface area contributed by atoms with Crippen molar-refractivity contribution in [2.24, 2.45) is 0 Å². The van der Waals surface area contributed by atoms with Gasteiger partial charge in [-0.05, 0) is 24.3 Å². The van der Waals surface area contributed by atoms with E-state index in [1.807, 2.05) is 0 Å². The number of hydrogen-bond donors (Lipinski definition) is 1. The van der Waals surface area contributed by atoms with E-state index < -0.39 is 31.5 Å². The van der Waals surface area contributed by atoms with E-state index in [0.29, 0.717) is 19.6 Å². The Morgan fingerprint density at radius 1 is 1.04 bits per heavy atom. The standard InChI is InChI=1S/C17H17F2N3O4S/c18-15-2-1-3-16(19)17(15)27(25,26)21-10-8-20(9-11-21)12-13-4-6-14(7-5-13)22(23)24/h1-7H,8-12H2/p+1. The third kappa shape index (κ3) is 4.12. The molecule has 0 amide bonds. The van der Waals surface area contributed by atoms with Crippen LogP contribution >= 0.6 is 0 Å². The van der Waals surface area contributed by atoms with E-state index in [4.69, 9.17) is 0 Å². The number of sulfonamides is 1. The molecule has 1 heterocycles. The first-order valence-corrected chi connectivity index (χ1v) is 9.74. The third-order valence-corrected chi connectivity index (χ3v) is 6.50. The summed E-state index contributed by atoms with van der Waals surface area (Å²) < 4.78 is 53.9. The van der Waals surface area contributed by atoms with Gasteiger partial charge in [-0.2, -0.15) is 4.31 Å². The number of benzene rings is 2. The van der Waals surface area contributed by atoms with E-state index in [1.54, 1.807) is 12.1 Å². The van der Waals surface area contributed by atoms with Gasteiger partial charge in [0.25, 0.3) is 5.69 Å². The van der Waals surface area contributed by atoms with Gasteiger partial charge in [-0.25, -0.2) is 17.2 Å². The zero-order chi connectivity index (χ0) is 19.6. The summed E-state index contributed by atoms with van der Waals surface area (Å²) in [5, 5.41) is 10.7. The number of nitrogens with one attached hydrogen (secondary N) is 1. The van der Waals surface area contributed by atoms with Crippen molar-refractivity contribution >= 4 is 15.7 Å². The summed E-state index contributed by atoms with van der Waals surface area (Å²) in [5.41, 5.74) is 0.906. The molecular weight excluding hydrogens is 380 g/mol. The molecule has 0 aromatic heterocycles. The lowest BCUT2D eigenvalue weighted by molar-refractivity contribution is -0.917. The summed E-state index contributed by atoms with van der Waals surface area (Å²) in [4.78, 5) is 10.4. The topological polar surface area (TPSA) is 85.0 Å². The monoisotopic (exact) mass is 398 g/mol. The molecule has 0 bridgehead atoms. The van der Waals surface area contributed by atoms with Crippen LogP contribution in [-0.2, 0) is 16.6 Å². The van der Waals surface area contributed by atoms with Crippen LogP contribution in [0.3, 0.4) is 0 Å². The van der Waals surface area contributed by atoms with Gasteiger partial charge in [-0.15, -0.1) is 0 Å². The molecule has 0 unspecified atom stereocenters. The fraction of sp³-hybridized carbons (Fsp3) is 0.294. The van der Waals surface area contributed by atoms with Gasteiger partial charge in [-0.1, -0.05) is 6.07 Å². The first-order chi connectivity index (χ1) is 12.8. The Labute approximate surface area is 155 Å². The summed E-state index contributed by atoms with van der Waals surface area (Å²) >= 11 is 0. The number of rotatable bonds is 5. The van der Waals surface area contributed by atoms with Crippen LogP contribution in [0.5, 0.6) is 0 Å². The molecule has 7 nitrogen and oxygen atoms in total. The normalized spacial score (nSPS) is 16.4.